The number of rotatable bonds is 1. The van der Waals surface area contributed by atoms with Gasteiger partial charge in [0.2, 0.25) is 0 Å². The second kappa shape index (κ2) is 2.60. The summed E-state index contributed by atoms with van der Waals surface area (Å²) in [6, 6.07) is 8.33. The average molecular weight is 176 g/mol. The van der Waals surface area contributed by atoms with Gasteiger partial charge in [-0.05, 0) is 12.1 Å². The van der Waals surface area contributed by atoms with Gasteiger partial charge in [-0.15, -0.1) is 0 Å². The topological polar surface area (TPSA) is 40.9 Å². The van der Waals surface area contributed by atoms with Gasteiger partial charge in [0, 0.05) is 10.7 Å². The smallest absolute Gasteiger partial charge is 0.156 e. The van der Waals surface area contributed by atoms with Crippen molar-refractivity contribution in [1.29, 1.82) is 4.78 Å². The molecule has 0 saturated carbocycles. The number of halogens is 1. The van der Waals surface area contributed by atoms with Crippen LogP contribution in [0.25, 0.3) is 0 Å². The Hall–Kier alpha value is -0.540. The first-order valence-corrected chi connectivity index (χ1v) is 5.02. The minimum atomic E-state index is -3.03. The van der Waals surface area contributed by atoms with Crippen LogP contribution in [0.5, 0.6) is 0 Å². The molecule has 0 bridgehead atoms. The Morgan fingerprint density at radius 2 is 1.80 bits per heavy atom. The van der Waals surface area contributed by atoms with Gasteiger partial charge in [-0.1, -0.05) is 18.2 Å². The normalized spacial score (nSPS) is 16.1. The third-order valence-corrected chi connectivity index (χ3v) is 2.46. The summed E-state index contributed by atoms with van der Waals surface area (Å²) in [5.74, 6) is 0. The number of hydrogen-bond donors (Lipinski definition) is 1. The molecule has 0 amide bonds. The average Bonchev–Trinajstić information content (AvgIpc) is 1.88. The molecular formula is C6H6ClNOS. The van der Waals surface area contributed by atoms with Crippen molar-refractivity contribution in [3.05, 3.63) is 30.3 Å². The molecule has 1 rings (SSSR count). The molecule has 0 aromatic heterocycles. The summed E-state index contributed by atoms with van der Waals surface area (Å²) in [6.07, 6.45) is 0. The molecule has 1 atom stereocenters. The number of hydrogen-bond acceptors (Lipinski definition) is 2. The van der Waals surface area contributed by atoms with Gasteiger partial charge in [-0.25, -0.2) is 8.99 Å². The largest absolute Gasteiger partial charge is 0.236 e. The molecule has 0 heterocycles. The Balaban J connectivity index is 3.22. The summed E-state index contributed by atoms with van der Waals surface area (Å²) in [5, 5.41) is 0. The third-order valence-electron chi connectivity index (χ3n) is 1.05. The lowest BCUT2D eigenvalue weighted by molar-refractivity contribution is 0.684. The van der Waals surface area contributed by atoms with E-state index in [0.717, 1.165) is 0 Å². The van der Waals surface area contributed by atoms with Crippen molar-refractivity contribution in [3.63, 3.8) is 0 Å². The van der Waals surface area contributed by atoms with E-state index in [1.165, 1.54) is 0 Å². The molecule has 54 valence electrons. The second-order valence-electron chi connectivity index (χ2n) is 1.80. The van der Waals surface area contributed by atoms with Crippen molar-refractivity contribution in [2.45, 2.75) is 4.90 Å². The third kappa shape index (κ3) is 1.72. The SMILES string of the molecule is N=S(=O)(Cl)c1ccccc1. The molecule has 0 aliphatic carbocycles. The molecule has 0 aliphatic heterocycles. The van der Waals surface area contributed by atoms with E-state index < -0.39 is 8.94 Å². The molecule has 2 nitrogen and oxygen atoms in total. The summed E-state index contributed by atoms with van der Waals surface area (Å²) in [7, 11) is 2.22. The quantitative estimate of drug-likeness (QED) is 0.654. The van der Waals surface area contributed by atoms with Crippen molar-refractivity contribution in [3.8, 4) is 0 Å². The van der Waals surface area contributed by atoms with Gasteiger partial charge in [0.05, 0.1) is 4.90 Å². The predicted molar refractivity (Wildman–Crippen MR) is 41.4 cm³/mol. The Morgan fingerprint density at radius 1 is 1.30 bits per heavy atom. The summed E-state index contributed by atoms with van der Waals surface area (Å²) in [6.45, 7) is 0. The zero-order valence-corrected chi connectivity index (χ0v) is 6.65. The van der Waals surface area contributed by atoms with Gasteiger partial charge in [-0.3, -0.25) is 0 Å². The molecule has 0 saturated heterocycles. The van der Waals surface area contributed by atoms with Crippen LogP contribution >= 0.6 is 10.7 Å². The van der Waals surface area contributed by atoms with Gasteiger partial charge < -0.3 is 0 Å². The standard InChI is InChI=1S/C6H6ClNOS/c7-10(8,9)6-4-2-1-3-5-6/h1-5,8H. The van der Waals surface area contributed by atoms with E-state index in [1.807, 2.05) is 0 Å². The van der Waals surface area contributed by atoms with Crippen molar-refractivity contribution in [2.75, 3.05) is 0 Å². The maximum atomic E-state index is 10.8. The van der Waals surface area contributed by atoms with Crippen LogP contribution in [0, 0.1) is 4.78 Å². The van der Waals surface area contributed by atoms with Crippen LogP contribution in [-0.4, -0.2) is 4.21 Å². The van der Waals surface area contributed by atoms with Crippen molar-refractivity contribution >= 4 is 19.6 Å². The molecule has 0 aliphatic rings. The first-order valence-electron chi connectivity index (χ1n) is 2.64. The first kappa shape index (κ1) is 7.57. The number of nitrogens with one attached hydrogen (secondary N) is 1. The first-order chi connectivity index (χ1) is 4.61. The van der Waals surface area contributed by atoms with Crippen molar-refractivity contribution in [2.24, 2.45) is 0 Å². The van der Waals surface area contributed by atoms with Crippen LogP contribution in [-0.2, 0) is 8.94 Å². The van der Waals surface area contributed by atoms with Gasteiger partial charge >= 0.3 is 0 Å². The Bertz CT molecular complexity index is 306. The Morgan fingerprint density at radius 3 is 2.10 bits per heavy atom. The maximum absolute atomic E-state index is 10.8. The van der Waals surface area contributed by atoms with Crippen LogP contribution in [0.2, 0.25) is 0 Å². The fourth-order valence-corrected chi connectivity index (χ4v) is 1.41. The van der Waals surface area contributed by atoms with Crippen molar-refractivity contribution in [1.82, 2.24) is 0 Å². The van der Waals surface area contributed by atoms with Crippen molar-refractivity contribution < 1.29 is 4.21 Å². The number of benzene rings is 1. The molecule has 1 N–H and O–H groups in total. The lowest BCUT2D eigenvalue weighted by Gasteiger charge is -1.94. The van der Waals surface area contributed by atoms with E-state index in [2.05, 4.69) is 0 Å². The van der Waals surface area contributed by atoms with Gasteiger partial charge in [0.1, 0.15) is 0 Å². The zero-order chi connectivity index (χ0) is 7.61. The summed E-state index contributed by atoms with van der Waals surface area (Å²) in [5.41, 5.74) is 0. The molecule has 0 radical (unpaired) electrons. The van der Waals surface area contributed by atoms with E-state index >= 15 is 0 Å². The Kier molecular flexibility index (Phi) is 1.97. The van der Waals surface area contributed by atoms with E-state index in [4.69, 9.17) is 15.5 Å². The fourth-order valence-electron chi connectivity index (χ4n) is 0.596. The summed E-state index contributed by atoms with van der Waals surface area (Å²) in [4.78, 5) is 0.358. The minimum absolute atomic E-state index is 0.358. The van der Waals surface area contributed by atoms with Crippen LogP contribution < -0.4 is 0 Å². The van der Waals surface area contributed by atoms with Gasteiger partial charge in [-0.2, -0.15) is 0 Å². The molecular weight excluding hydrogens is 170 g/mol. The summed E-state index contributed by atoms with van der Waals surface area (Å²) < 4.78 is 17.8. The Labute approximate surface area is 64.3 Å². The fraction of sp³-hybridized carbons (Fsp3) is 0. The molecule has 10 heavy (non-hydrogen) atoms. The molecule has 1 aromatic rings. The molecule has 1 aromatic carbocycles. The van der Waals surface area contributed by atoms with Gasteiger partial charge in [0.15, 0.2) is 8.94 Å². The van der Waals surface area contributed by atoms with E-state index in [-0.39, 0.29) is 0 Å². The van der Waals surface area contributed by atoms with E-state index in [1.54, 1.807) is 30.3 Å². The van der Waals surface area contributed by atoms with Crippen LogP contribution in [0.15, 0.2) is 35.2 Å². The molecule has 4 heteroatoms. The highest BCUT2D eigenvalue weighted by Crippen LogP contribution is 2.13. The zero-order valence-electron chi connectivity index (χ0n) is 5.08. The lowest BCUT2D eigenvalue weighted by Crippen LogP contribution is -1.85. The second-order valence-corrected chi connectivity index (χ2v) is 4.55. The van der Waals surface area contributed by atoms with E-state index in [0.29, 0.717) is 4.90 Å². The molecule has 0 spiro atoms. The van der Waals surface area contributed by atoms with Crippen LogP contribution in [0.3, 0.4) is 0 Å². The van der Waals surface area contributed by atoms with Crippen LogP contribution in [0.4, 0.5) is 0 Å². The highest BCUT2D eigenvalue weighted by atomic mass is 35.7. The monoisotopic (exact) mass is 175 g/mol. The predicted octanol–water partition coefficient (Wildman–Crippen LogP) is 2.25. The van der Waals surface area contributed by atoms with Gasteiger partial charge in [0.25, 0.3) is 0 Å². The lowest BCUT2D eigenvalue weighted by atomic mass is 10.4. The minimum Gasteiger partial charge on any atom is -0.236 e. The highest BCUT2D eigenvalue weighted by Gasteiger charge is 2.01. The molecule has 0 fully saturated rings. The van der Waals surface area contributed by atoms with Crippen LogP contribution in [0.1, 0.15) is 0 Å². The molecule has 1 unspecified atom stereocenters. The highest BCUT2D eigenvalue weighted by molar-refractivity contribution is 8.14. The summed E-state index contributed by atoms with van der Waals surface area (Å²) >= 11 is 0. The van der Waals surface area contributed by atoms with E-state index in [9.17, 15) is 4.21 Å². The maximum Gasteiger partial charge on any atom is 0.156 e.